The Kier molecular flexibility index (Phi) is 3.65. The van der Waals surface area contributed by atoms with E-state index in [9.17, 15) is 4.79 Å². The van der Waals surface area contributed by atoms with Crippen molar-refractivity contribution in [3.05, 3.63) is 30.1 Å². The minimum atomic E-state index is -0.748. The molecule has 0 aliphatic rings. The largest absolute Gasteiger partial charge is 0.481 e. The van der Waals surface area contributed by atoms with Gasteiger partial charge in [-0.15, -0.1) is 0 Å². The van der Waals surface area contributed by atoms with Crippen LogP contribution in [0, 0.1) is 0 Å². The summed E-state index contributed by atoms with van der Waals surface area (Å²) in [5.41, 5.74) is 2.11. The number of fused-ring (bicyclic) bond motifs is 1. The Hall–Kier alpha value is -1.84. The van der Waals surface area contributed by atoms with E-state index in [2.05, 4.69) is 29.5 Å². The van der Waals surface area contributed by atoms with Crippen molar-refractivity contribution in [3.63, 3.8) is 0 Å². The van der Waals surface area contributed by atoms with Gasteiger partial charge in [-0.3, -0.25) is 4.79 Å². The van der Waals surface area contributed by atoms with E-state index >= 15 is 0 Å². The van der Waals surface area contributed by atoms with E-state index in [1.165, 1.54) is 0 Å². The van der Waals surface area contributed by atoms with Crippen LogP contribution in [-0.4, -0.2) is 20.6 Å². The molecule has 18 heavy (non-hydrogen) atoms. The second-order valence-electron chi connectivity index (χ2n) is 4.73. The normalized spacial score (nSPS) is 11.3. The predicted molar refractivity (Wildman–Crippen MR) is 70.7 cm³/mol. The van der Waals surface area contributed by atoms with Crippen LogP contribution in [0.4, 0.5) is 0 Å². The molecule has 0 aliphatic carbocycles. The van der Waals surface area contributed by atoms with Crippen LogP contribution in [0.15, 0.2) is 24.3 Å². The van der Waals surface area contributed by atoms with Gasteiger partial charge in [0.05, 0.1) is 11.0 Å². The maximum absolute atomic E-state index is 10.6. The highest BCUT2D eigenvalue weighted by Crippen LogP contribution is 2.21. The Bertz CT molecular complexity index is 558. The van der Waals surface area contributed by atoms with Gasteiger partial charge >= 0.3 is 5.97 Å². The third-order valence-corrected chi connectivity index (χ3v) is 2.98. The van der Waals surface area contributed by atoms with Gasteiger partial charge < -0.3 is 9.67 Å². The van der Waals surface area contributed by atoms with Crippen molar-refractivity contribution in [1.29, 1.82) is 0 Å². The molecule has 0 spiro atoms. The van der Waals surface area contributed by atoms with Crippen molar-refractivity contribution in [2.75, 3.05) is 0 Å². The van der Waals surface area contributed by atoms with Crippen molar-refractivity contribution >= 4 is 17.0 Å². The molecule has 2 aromatic rings. The number of hydrogen-bond acceptors (Lipinski definition) is 2. The third-order valence-electron chi connectivity index (χ3n) is 2.98. The van der Waals surface area contributed by atoms with Crippen molar-refractivity contribution in [2.24, 2.45) is 0 Å². The topological polar surface area (TPSA) is 55.1 Å². The van der Waals surface area contributed by atoms with Crippen LogP contribution in [-0.2, 0) is 11.2 Å². The molecule has 1 heterocycles. The van der Waals surface area contributed by atoms with Crippen LogP contribution in [0.1, 0.15) is 38.6 Å². The lowest BCUT2D eigenvalue weighted by atomic mass is 10.2. The average molecular weight is 246 g/mol. The molecule has 2 rings (SSSR count). The third kappa shape index (κ3) is 2.53. The number of benzene rings is 1. The molecule has 4 nitrogen and oxygen atoms in total. The Balaban J connectivity index is 2.31. The summed E-state index contributed by atoms with van der Waals surface area (Å²) in [6.07, 6.45) is 1.53. The van der Waals surface area contributed by atoms with Gasteiger partial charge in [0.25, 0.3) is 0 Å². The maximum Gasteiger partial charge on any atom is 0.303 e. The van der Waals surface area contributed by atoms with Crippen molar-refractivity contribution < 1.29 is 9.90 Å². The zero-order valence-electron chi connectivity index (χ0n) is 10.8. The first-order valence-electron chi connectivity index (χ1n) is 6.27. The van der Waals surface area contributed by atoms with E-state index in [4.69, 9.17) is 5.11 Å². The summed E-state index contributed by atoms with van der Waals surface area (Å²) < 4.78 is 2.19. The molecular formula is C14H18N2O2. The lowest BCUT2D eigenvalue weighted by Crippen LogP contribution is -2.07. The summed E-state index contributed by atoms with van der Waals surface area (Å²) in [4.78, 5) is 15.2. The Labute approximate surface area is 106 Å². The molecule has 0 aliphatic heterocycles. The van der Waals surface area contributed by atoms with Gasteiger partial charge in [-0.25, -0.2) is 4.98 Å². The molecule has 0 saturated carbocycles. The number of nitrogens with zero attached hydrogens (tertiary/aromatic N) is 2. The average Bonchev–Trinajstić information content (AvgIpc) is 2.66. The number of aryl methyl sites for hydroxylation is 1. The summed E-state index contributed by atoms with van der Waals surface area (Å²) >= 11 is 0. The fraction of sp³-hybridized carbons (Fsp3) is 0.429. The molecule has 1 aromatic heterocycles. The lowest BCUT2D eigenvalue weighted by molar-refractivity contribution is -0.137. The molecular weight excluding hydrogens is 228 g/mol. The molecule has 0 atom stereocenters. The number of para-hydroxylation sites is 2. The lowest BCUT2D eigenvalue weighted by Gasteiger charge is -2.12. The first kappa shape index (κ1) is 12.6. The van der Waals surface area contributed by atoms with Crippen LogP contribution in [0.5, 0.6) is 0 Å². The van der Waals surface area contributed by atoms with Gasteiger partial charge in [0.1, 0.15) is 5.82 Å². The van der Waals surface area contributed by atoms with Crippen LogP contribution in [0.2, 0.25) is 0 Å². The predicted octanol–water partition coefficient (Wildman–Crippen LogP) is 3.02. The van der Waals surface area contributed by atoms with E-state index in [0.29, 0.717) is 18.9 Å². The smallest absolute Gasteiger partial charge is 0.303 e. The number of imidazole rings is 1. The standard InChI is InChI=1S/C14H18N2O2/c1-10(2)16-12-7-4-3-6-11(12)15-13(16)8-5-9-14(17)18/h3-4,6-7,10H,5,8-9H2,1-2H3,(H,17,18). The molecule has 1 N–H and O–H groups in total. The number of carbonyl (C=O) groups is 1. The second-order valence-corrected chi connectivity index (χ2v) is 4.73. The van der Waals surface area contributed by atoms with E-state index in [0.717, 1.165) is 16.9 Å². The fourth-order valence-corrected chi connectivity index (χ4v) is 2.24. The fourth-order valence-electron chi connectivity index (χ4n) is 2.24. The van der Waals surface area contributed by atoms with Gasteiger partial charge in [0.15, 0.2) is 0 Å². The Morgan fingerprint density at radius 2 is 2.11 bits per heavy atom. The highest BCUT2D eigenvalue weighted by molar-refractivity contribution is 5.76. The molecule has 96 valence electrons. The summed E-state index contributed by atoms with van der Waals surface area (Å²) in [6.45, 7) is 4.24. The Morgan fingerprint density at radius 1 is 1.39 bits per heavy atom. The van der Waals surface area contributed by atoms with Gasteiger partial charge in [-0.2, -0.15) is 0 Å². The summed E-state index contributed by atoms with van der Waals surface area (Å²) in [5, 5.41) is 8.68. The first-order chi connectivity index (χ1) is 8.59. The van der Waals surface area contributed by atoms with Crippen molar-refractivity contribution in [2.45, 2.75) is 39.2 Å². The zero-order valence-corrected chi connectivity index (χ0v) is 10.8. The summed E-state index contributed by atoms with van der Waals surface area (Å²) in [5.74, 6) is 0.231. The highest BCUT2D eigenvalue weighted by atomic mass is 16.4. The molecule has 0 amide bonds. The molecule has 4 heteroatoms. The monoisotopic (exact) mass is 246 g/mol. The molecule has 0 fully saturated rings. The van der Waals surface area contributed by atoms with Crippen LogP contribution in [0.3, 0.4) is 0 Å². The minimum absolute atomic E-state index is 0.196. The van der Waals surface area contributed by atoms with Gasteiger partial charge in [-0.05, 0) is 32.4 Å². The zero-order chi connectivity index (χ0) is 13.1. The maximum atomic E-state index is 10.6. The van der Waals surface area contributed by atoms with Crippen LogP contribution >= 0.6 is 0 Å². The Morgan fingerprint density at radius 3 is 2.78 bits per heavy atom. The van der Waals surface area contributed by atoms with Gasteiger partial charge in [0, 0.05) is 18.9 Å². The molecule has 0 unspecified atom stereocenters. The van der Waals surface area contributed by atoms with E-state index < -0.39 is 5.97 Å². The second kappa shape index (κ2) is 5.21. The minimum Gasteiger partial charge on any atom is -0.481 e. The van der Waals surface area contributed by atoms with E-state index in [-0.39, 0.29) is 6.42 Å². The SMILES string of the molecule is CC(C)n1c(CCCC(=O)O)nc2ccccc21. The summed E-state index contributed by atoms with van der Waals surface area (Å²) in [7, 11) is 0. The van der Waals surface area contributed by atoms with E-state index in [1.807, 2.05) is 18.2 Å². The number of rotatable bonds is 5. The van der Waals surface area contributed by atoms with Gasteiger partial charge in [-0.1, -0.05) is 12.1 Å². The van der Waals surface area contributed by atoms with E-state index in [1.54, 1.807) is 0 Å². The number of carboxylic acids is 1. The van der Waals surface area contributed by atoms with Crippen LogP contribution in [0.25, 0.3) is 11.0 Å². The molecule has 0 saturated heterocycles. The van der Waals surface area contributed by atoms with Crippen LogP contribution < -0.4 is 0 Å². The summed E-state index contributed by atoms with van der Waals surface area (Å²) in [6, 6.07) is 8.36. The molecule has 1 aromatic carbocycles. The van der Waals surface area contributed by atoms with Crippen molar-refractivity contribution in [1.82, 2.24) is 9.55 Å². The molecule has 0 bridgehead atoms. The highest BCUT2D eigenvalue weighted by Gasteiger charge is 2.12. The molecule has 0 radical (unpaired) electrons. The number of aliphatic carboxylic acids is 1. The van der Waals surface area contributed by atoms with Crippen molar-refractivity contribution in [3.8, 4) is 0 Å². The quantitative estimate of drug-likeness (QED) is 0.882. The number of hydrogen-bond donors (Lipinski definition) is 1. The number of aromatic nitrogens is 2. The number of carboxylic acid groups (broad SMARTS) is 1. The first-order valence-corrected chi connectivity index (χ1v) is 6.27. The van der Waals surface area contributed by atoms with Gasteiger partial charge in [0.2, 0.25) is 0 Å².